The Hall–Kier alpha value is -0.780. The number of benzene rings is 1. The third-order valence-electron chi connectivity index (χ3n) is 1.44. The molecule has 15 heavy (non-hydrogen) atoms. The Balaban J connectivity index is 3.02. The molecule has 0 saturated heterocycles. The van der Waals surface area contributed by atoms with Gasteiger partial charge in [-0.3, -0.25) is 0 Å². The number of hydrogen-bond acceptors (Lipinski definition) is 2. The largest absolute Gasteiger partial charge is 0.369 e. The van der Waals surface area contributed by atoms with Crippen LogP contribution in [0.4, 0.5) is 0 Å². The zero-order valence-electron chi connectivity index (χ0n) is 7.42. The van der Waals surface area contributed by atoms with Crippen molar-refractivity contribution in [2.75, 3.05) is 0 Å². The summed E-state index contributed by atoms with van der Waals surface area (Å²) in [7, 11) is 0. The van der Waals surface area contributed by atoms with Crippen molar-refractivity contribution in [2.45, 2.75) is 0 Å². The van der Waals surface area contributed by atoms with Crippen molar-refractivity contribution < 1.29 is 0 Å². The number of nitrogens with two attached hydrogens (primary N) is 2. The van der Waals surface area contributed by atoms with Crippen LogP contribution in [0.3, 0.4) is 0 Å². The predicted octanol–water partition coefficient (Wildman–Crippen LogP) is 2.36. The van der Waals surface area contributed by atoms with Crippen LogP contribution in [0.1, 0.15) is 5.56 Å². The molecule has 0 aliphatic carbocycles. The van der Waals surface area contributed by atoms with Gasteiger partial charge in [0.15, 0.2) is 0 Å². The smallest absolute Gasteiger partial charge is 0.211 e. The van der Waals surface area contributed by atoms with Crippen molar-refractivity contribution >= 4 is 51.3 Å². The Labute approximate surface area is 105 Å². The van der Waals surface area contributed by atoms with Gasteiger partial charge in [-0.1, -0.05) is 29.3 Å². The van der Waals surface area contributed by atoms with Crippen LogP contribution in [0.25, 0.3) is 0 Å². The molecule has 0 atom stereocenters. The van der Waals surface area contributed by atoms with Crippen LogP contribution in [0.5, 0.6) is 0 Å². The van der Waals surface area contributed by atoms with Crippen LogP contribution in [0.2, 0.25) is 10.0 Å². The van der Waals surface area contributed by atoms with Gasteiger partial charge in [-0.25, -0.2) is 0 Å². The molecule has 7 heteroatoms. The quantitative estimate of drug-likeness (QED) is 0.381. The van der Waals surface area contributed by atoms with E-state index in [0.717, 1.165) is 0 Å². The summed E-state index contributed by atoms with van der Waals surface area (Å²) >= 11 is 15.1. The number of hydrogen-bond donors (Lipinski definition) is 2. The highest BCUT2D eigenvalue weighted by Crippen LogP contribution is 2.32. The van der Waals surface area contributed by atoms with Crippen LogP contribution in [-0.2, 0) is 0 Å². The van der Waals surface area contributed by atoms with Crippen LogP contribution in [0, 0.1) is 0 Å². The fourth-order valence-corrected chi connectivity index (χ4v) is 1.63. The second kappa shape index (κ2) is 5.34. The van der Waals surface area contributed by atoms with E-state index in [1.807, 2.05) is 0 Å². The van der Waals surface area contributed by atoms with Gasteiger partial charge < -0.3 is 11.5 Å². The lowest BCUT2D eigenvalue weighted by Crippen LogP contribution is -2.21. The van der Waals surface area contributed by atoms with E-state index in [4.69, 9.17) is 34.7 Å². The Morgan fingerprint density at radius 3 is 2.53 bits per heavy atom. The van der Waals surface area contributed by atoms with Crippen molar-refractivity contribution in [1.82, 2.24) is 0 Å². The SMILES string of the molecule is NC(N)=NN=Cc1ccc(Br)c(Cl)c1Cl. The summed E-state index contributed by atoms with van der Waals surface area (Å²) < 4.78 is 0.716. The summed E-state index contributed by atoms with van der Waals surface area (Å²) in [5.74, 6) is -0.120. The number of guanidine groups is 1. The first-order valence-corrected chi connectivity index (χ1v) is 5.32. The van der Waals surface area contributed by atoms with Crippen LogP contribution in [0.15, 0.2) is 26.8 Å². The van der Waals surface area contributed by atoms with E-state index in [1.165, 1.54) is 6.21 Å². The second-order valence-electron chi connectivity index (χ2n) is 2.53. The molecule has 0 fully saturated rings. The van der Waals surface area contributed by atoms with E-state index in [1.54, 1.807) is 12.1 Å². The molecule has 1 rings (SSSR count). The molecule has 0 amide bonds. The average molecular weight is 310 g/mol. The molecule has 0 unspecified atom stereocenters. The molecule has 0 aromatic heterocycles. The van der Waals surface area contributed by atoms with Gasteiger partial charge in [0.05, 0.1) is 16.3 Å². The first kappa shape index (κ1) is 12.3. The monoisotopic (exact) mass is 308 g/mol. The van der Waals surface area contributed by atoms with E-state index in [2.05, 4.69) is 26.1 Å². The van der Waals surface area contributed by atoms with Gasteiger partial charge in [0.2, 0.25) is 5.96 Å². The first-order valence-electron chi connectivity index (χ1n) is 3.78. The molecule has 4 N–H and O–H groups in total. The highest BCUT2D eigenvalue weighted by atomic mass is 79.9. The fourth-order valence-electron chi connectivity index (χ4n) is 0.798. The molecule has 1 aromatic carbocycles. The lowest BCUT2D eigenvalue weighted by Gasteiger charge is -2.01. The molecule has 0 saturated carbocycles. The Morgan fingerprint density at radius 2 is 1.93 bits per heavy atom. The summed E-state index contributed by atoms with van der Waals surface area (Å²) in [6.45, 7) is 0. The molecule has 0 heterocycles. The van der Waals surface area contributed by atoms with E-state index in [0.29, 0.717) is 20.1 Å². The lowest BCUT2D eigenvalue weighted by atomic mass is 10.2. The van der Waals surface area contributed by atoms with E-state index < -0.39 is 0 Å². The van der Waals surface area contributed by atoms with Gasteiger partial charge >= 0.3 is 0 Å². The number of rotatable bonds is 2. The predicted molar refractivity (Wildman–Crippen MR) is 67.6 cm³/mol. The molecule has 80 valence electrons. The molecule has 0 aliphatic heterocycles. The Bertz CT molecular complexity index is 427. The third-order valence-corrected chi connectivity index (χ3v) is 3.22. The molecule has 0 spiro atoms. The summed E-state index contributed by atoms with van der Waals surface area (Å²) in [4.78, 5) is 0. The molecule has 0 bridgehead atoms. The first-order chi connectivity index (χ1) is 7.02. The Morgan fingerprint density at radius 1 is 1.27 bits per heavy atom. The van der Waals surface area contributed by atoms with E-state index in [-0.39, 0.29) is 5.96 Å². The Kier molecular flexibility index (Phi) is 4.38. The molecule has 4 nitrogen and oxygen atoms in total. The van der Waals surface area contributed by atoms with Crippen molar-refractivity contribution in [1.29, 1.82) is 0 Å². The maximum absolute atomic E-state index is 5.95. The zero-order valence-corrected chi connectivity index (χ0v) is 10.5. The van der Waals surface area contributed by atoms with Crippen molar-refractivity contribution in [2.24, 2.45) is 21.7 Å². The van der Waals surface area contributed by atoms with Crippen LogP contribution < -0.4 is 11.5 Å². The normalized spacial score (nSPS) is 10.6. The molecular weight excluding hydrogens is 303 g/mol. The number of nitrogens with zero attached hydrogens (tertiary/aromatic N) is 2. The summed E-state index contributed by atoms with van der Waals surface area (Å²) in [5, 5.41) is 7.88. The molecular formula is C8H7BrCl2N4. The topological polar surface area (TPSA) is 76.8 Å². The van der Waals surface area contributed by atoms with Gasteiger partial charge in [-0.05, 0) is 22.0 Å². The number of halogens is 3. The van der Waals surface area contributed by atoms with Gasteiger partial charge in [-0.15, -0.1) is 5.10 Å². The van der Waals surface area contributed by atoms with Crippen LogP contribution in [-0.4, -0.2) is 12.2 Å². The molecule has 1 aromatic rings. The van der Waals surface area contributed by atoms with Gasteiger partial charge in [-0.2, -0.15) is 5.10 Å². The highest BCUT2D eigenvalue weighted by Gasteiger charge is 2.06. The lowest BCUT2D eigenvalue weighted by molar-refractivity contribution is 1.21. The van der Waals surface area contributed by atoms with Gasteiger partial charge in [0, 0.05) is 10.0 Å². The van der Waals surface area contributed by atoms with Crippen molar-refractivity contribution in [3.8, 4) is 0 Å². The van der Waals surface area contributed by atoms with E-state index >= 15 is 0 Å². The third kappa shape index (κ3) is 3.37. The van der Waals surface area contributed by atoms with Gasteiger partial charge in [0.1, 0.15) is 0 Å². The molecule has 0 radical (unpaired) electrons. The summed E-state index contributed by atoms with van der Waals surface area (Å²) in [6.07, 6.45) is 1.42. The molecule has 0 aliphatic rings. The fraction of sp³-hybridized carbons (Fsp3) is 0. The highest BCUT2D eigenvalue weighted by molar-refractivity contribution is 9.10. The second-order valence-corrected chi connectivity index (χ2v) is 4.14. The zero-order chi connectivity index (χ0) is 11.4. The maximum Gasteiger partial charge on any atom is 0.211 e. The summed E-state index contributed by atoms with van der Waals surface area (Å²) in [5.41, 5.74) is 10.8. The van der Waals surface area contributed by atoms with E-state index in [9.17, 15) is 0 Å². The minimum atomic E-state index is -0.120. The summed E-state index contributed by atoms with van der Waals surface area (Å²) in [6, 6.07) is 3.50. The van der Waals surface area contributed by atoms with Crippen LogP contribution >= 0.6 is 39.1 Å². The van der Waals surface area contributed by atoms with Gasteiger partial charge in [0.25, 0.3) is 0 Å². The van der Waals surface area contributed by atoms with Crippen molar-refractivity contribution in [3.05, 3.63) is 32.2 Å². The maximum atomic E-state index is 5.95. The van der Waals surface area contributed by atoms with Crippen molar-refractivity contribution in [3.63, 3.8) is 0 Å². The standard InChI is InChI=1S/C8H7BrCl2N4/c9-5-2-1-4(6(10)7(5)11)3-14-15-8(12)13/h1-3H,(H4,12,13,15). The minimum Gasteiger partial charge on any atom is -0.369 e. The minimum absolute atomic E-state index is 0.120. The average Bonchev–Trinajstić information content (AvgIpc) is 2.18.